The van der Waals surface area contributed by atoms with Gasteiger partial charge in [0.2, 0.25) is 5.95 Å². The number of rotatable bonds is 3. The van der Waals surface area contributed by atoms with Crippen molar-refractivity contribution in [2.75, 3.05) is 41.7 Å². The van der Waals surface area contributed by atoms with Crippen LogP contribution >= 0.6 is 0 Å². The zero-order valence-electron chi connectivity index (χ0n) is 18.3. The summed E-state index contributed by atoms with van der Waals surface area (Å²) in [6, 6.07) is 18.3. The predicted octanol–water partition coefficient (Wildman–Crippen LogP) is 3.80. The minimum atomic E-state index is -0.323. The number of benzene rings is 2. The molecule has 1 aliphatic carbocycles. The summed E-state index contributed by atoms with van der Waals surface area (Å²) in [6.45, 7) is 2.53. The first-order valence-electron chi connectivity index (χ1n) is 11.1. The molecule has 1 fully saturated rings. The lowest BCUT2D eigenvalue weighted by Gasteiger charge is -2.37. The van der Waals surface area contributed by atoms with E-state index in [1.165, 1.54) is 6.07 Å². The van der Waals surface area contributed by atoms with Gasteiger partial charge in [-0.3, -0.25) is 4.79 Å². The van der Waals surface area contributed by atoms with E-state index in [-0.39, 0.29) is 17.5 Å². The number of nitrogens with two attached hydrogens (primary N) is 1. The second-order valence-corrected chi connectivity index (χ2v) is 8.33. The molecular weight excluding hydrogens is 431 g/mol. The standard InChI is InChI=1S/C26H21FN6O/c27-18-9-5-11-29-25(18)33-14-12-32(13-15-33)19-10-4-8-17-20(19)23-21(24(17)34)22(30-26(28)31-23)16-6-2-1-3-7-16/h1-11H,12-15H2,(H2,28,30,31). The van der Waals surface area contributed by atoms with Gasteiger partial charge in [0.25, 0.3) is 0 Å². The third-order valence-electron chi connectivity index (χ3n) is 6.38. The number of hydrogen-bond acceptors (Lipinski definition) is 7. The van der Waals surface area contributed by atoms with Crippen LogP contribution in [0.4, 0.5) is 21.8 Å². The Kier molecular flexibility index (Phi) is 4.72. The van der Waals surface area contributed by atoms with Crippen LogP contribution in [-0.2, 0) is 0 Å². The van der Waals surface area contributed by atoms with Gasteiger partial charge in [-0.25, -0.2) is 19.3 Å². The molecular formula is C26H21FN6O. The van der Waals surface area contributed by atoms with E-state index in [1.807, 2.05) is 53.4 Å². The first-order chi connectivity index (χ1) is 16.6. The number of aromatic nitrogens is 3. The van der Waals surface area contributed by atoms with E-state index in [0.29, 0.717) is 54.5 Å². The van der Waals surface area contributed by atoms with Gasteiger partial charge in [0, 0.05) is 54.8 Å². The molecule has 1 saturated heterocycles. The third kappa shape index (κ3) is 3.18. The normalized spacial score (nSPS) is 14.8. The van der Waals surface area contributed by atoms with Gasteiger partial charge < -0.3 is 15.5 Å². The first kappa shape index (κ1) is 20.3. The predicted molar refractivity (Wildman–Crippen MR) is 129 cm³/mol. The van der Waals surface area contributed by atoms with Crippen molar-refractivity contribution in [1.82, 2.24) is 15.0 Å². The maximum Gasteiger partial charge on any atom is 0.221 e. The zero-order chi connectivity index (χ0) is 23.2. The molecule has 7 nitrogen and oxygen atoms in total. The lowest BCUT2D eigenvalue weighted by atomic mass is 10.0. The Labute approximate surface area is 195 Å². The average Bonchev–Trinajstić information content (AvgIpc) is 3.16. The minimum Gasteiger partial charge on any atom is -0.368 e. The highest BCUT2D eigenvalue weighted by atomic mass is 19.1. The number of nitrogen functional groups attached to an aromatic ring is 1. The smallest absolute Gasteiger partial charge is 0.221 e. The summed E-state index contributed by atoms with van der Waals surface area (Å²) in [5, 5.41) is 0. The van der Waals surface area contributed by atoms with Crippen LogP contribution in [0.3, 0.4) is 0 Å². The zero-order valence-corrected chi connectivity index (χ0v) is 18.3. The number of halogens is 1. The van der Waals surface area contributed by atoms with E-state index >= 15 is 0 Å². The summed E-state index contributed by atoms with van der Waals surface area (Å²) >= 11 is 0. The fourth-order valence-electron chi connectivity index (χ4n) is 4.82. The molecule has 2 N–H and O–H groups in total. The molecule has 0 radical (unpaired) electrons. The molecule has 1 aliphatic heterocycles. The molecule has 3 heterocycles. The fraction of sp³-hybridized carbons (Fsp3) is 0.154. The molecule has 168 valence electrons. The summed E-state index contributed by atoms with van der Waals surface area (Å²) in [4.78, 5) is 30.8. The molecule has 6 rings (SSSR count). The van der Waals surface area contributed by atoms with Gasteiger partial charge in [0.1, 0.15) is 0 Å². The van der Waals surface area contributed by atoms with Crippen molar-refractivity contribution in [2.45, 2.75) is 0 Å². The number of fused-ring (bicyclic) bond motifs is 3. The molecule has 0 amide bonds. The highest BCUT2D eigenvalue weighted by molar-refractivity contribution is 6.25. The summed E-state index contributed by atoms with van der Waals surface area (Å²) < 4.78 is 14.2. The number of pyridine rings is 1. The van der Waals surface area contributed by atoms with Gasteiger partial charge in [-0.2, -0.15) is 0 Å². The van der Waals surface area contributed by atoms with Crippen molar-refractivity contribution in [3.8, 4) is 22.5 Å². The van der Waals surface area contributed by atoms with Crippen LogP contribution < -0.4 is 15.5 Å². The van der Waals surface area contributed by atoms with Gasteiger partial charge >= 0.3 is 0 Å². The van der Waals surface area contributed by atoms with Gasteiger partial charge in [-0.1, -0.05) is 42.5 Å². The number of ketones is 1. The molecule has 8 heteroatoms. The number of nitrogens with zero attached hydrogens (tertiary/aromatic N) is 5. The Balaban J connectivity index is 1.39. The number of carbonyl (C=O) groups is 1. The largest absolute Gasteiger partial charge is 0.368 e. The second kappa shape index (κ2) is 7.91. The molecule has 34 heavy (non-hydrogen) atoms. The first-order valence-corrected chi connectivity index (χ1v) is 11.1. The quantitative estimate of drug-likeness (QED) is 0.445. The maximum absolute atomic E-state index is 14.2. The van der Waals surface area contributed by atoms with E-state index in [1.54, 1.807) is 12.3 Å². The van der Waals surface area contributed by atoms with Gasteiger partial charge in [0.05, 0.1) is 17.0 Å². The molecule has 2 aliphatic rings. The fourth-order valence-corrected chi connectivity index (χ4v) is 4.82. The Morgan fingerprint density at radius 2 is 1.53 bits per heavy atom. The van der Waals surface area contributed by atoms with Crippen LogP contribution in [0, 0.1) is 5.82 Å². The molecule has 0 spiro atoms. The number of piperazine rings is 1. The maximum atomic E-state index is 14.2. The summed E-state index contributed by atoms with van der Waals surface area (Å²) in [5.41, 5.74) is 10.8. The van der Waals surface area contributed by atoms with Crippen molar-refractivity contribution < 1.29 is 9.18 Å². The SMILES string of the molecule is Nc1nc(-c2ccccc2)c2c(n1)-c1c(cccc1N1CCN(c3ncccc3F)CC1)C2=O. The van der Waals surface area contributed by atoms with E-state index < -0.39 is 0 Å². The van der Waals surface area contributed by atoms with Gasteiger partial charge in [0.15, 0.2) is 17.4 Å². The van der Waals surface area contributed by atoms with Crippen molar-refractivity contribution in [3.63, 3.8) is 0 Å². The third-order valence-corrected chi connectivity index (χ3v) is 6.38. The minimum absolute atomic E-state index is 0.0973. The highest BCUT2D eigenvalue weighted by Gasteiger charge is 2.36. The monoisotopic (exact) mass is 452 g/mol. The van der Waals surface area contributed by atoms with E-state index in [9.17, 15) is 9.18 Å². The van der Waals surface area contributed by atoms with Crippen LogP contribution in [0.25, 0.3) is 22.5 Å². The molecule has 0 atom stereocenters. The Morgan fingerprint density at radius 3 is 2.29 bits per heavy atom. The molecule has 0 unspecified atom stereocenters. The average molecular weight is 452 g/mol. The summed E-state index contributed by atoms with van der Waals surface area (Å²) in [6.07, 6.45) is 1.60. The Morgan fingerprint density at radius 1 is 0.794 bits per heavy atom. The van der Waals surface area contributed by atoms with Crippen LogP contribution in [0.5, 0.6) is 0 Å². The Bertz CT molecular complexity index is 1420. The van der Waals surface area contributed by atoms with Crippen molar-refractivity contribution in [3.05, 3.63) is 83.8 Å². The van der Waals surface area contributed by atoms with Gasteiger partial charge in [-0.05, 0) is 18.2 Å². The topological polar surface area (TPSA) is 88.2 Å². The van der Waals surface area contributed by atoms with Crippen molar-refractivity contribution >= 4 is 23.2 Å². The van der Waals surface area contributed by atoms with E-state index in [0.717, 1.165) is 16.8 Å². The number of carbonyl (C=O) groups excluding carboxylic acids is 1. The van der Waals surface area contributed by atoms with Crippen LogP contribution in [0.15, 0.2) is 66.9 Å². The van der Waals surface area contributed by atoms with Crippen LogP contribution in [-0.4, -0.2) is 46.9 Å². The molecule has 4 aromatic rings. The molecule has 0 bridgehead atoms. The van der Waals surface area contributed by atoms with Crippen LogP contribution in [0.2, 0.25) is 0 Å². The number of hydrogen-bond donors (Lipinski definition) is 1. The number of anilines is 3. The van der Waals surface area contributed by atoms with Crippen molar-refractivity contribution in [2.24, 2.45) is 0 Å². The molecule has 2 aromatic heterocycles. The second-order valence-electron chi connectivity index (χ2n) is 8.33. The van der Waals surface area contributed by atoms with Crippen molar-refractivity contribution in [1.29, 1.82) is 0 Å². The van der Waals surface area contributed by atoms with E-state index in [2.05, 4.69) is 19.9 Å². The summed E-state index contributed by atoms with van der Waals surface area (Å²) in [5.74, 6) is 0.0778. The summed E-state index contributed by atoms with van der Waals surface area (Å²) in [7, 11) is 0. The lowest BCUT2D eigenvalue weighted by Crippen LogP contribution is -2.47. The van der Waals surface area contributed by atoms with Gasteiger partial charge in [-0.15, -0.1) is 0 Å². The van der Waals surface area contributed by atoms with E-state index in [4.69, 9.17) is 5.73 Å². The lowest BCUT2D eigenvalue weighted by molar-refractivity contribution is 0.104. The highest BCUT2D eigenvalue weighted by Crippen LogP contribution is 2.45. The Hall–Kier alpha value is -4.33. The molecule has 2 aromatic carbocycles. The molecule has 0 saturated carbocycles. The van der Waals surface area contributed by atoms with Crippen LogP contribution in [0.1, 0.15) is 15.9 Å².